The normalized spacial score (nSPS) is 11.2. The fraction of sp³-hybridized carbons (Fsp3) is 0.0952. The van der Waals surface area contributed by atoms with Gasteiger partial charge in [0.2, 0.25) is 5.91 Å². The molecule has 3 nitrogen and oxygen atoms in total. The summed E-state index contributed by atoms with van der Waals surface area (Å²) in [5.41, 5.74) is 10.8. The SMILES string of the molecule is Cc1ccc(Cn2c3ccccc3c3c(C(N)=O)cccc32)cc1. The van der Waals surface area contributed by atoms with Crippen LogP contribution >= 0.6 is 0 Å². The van der Waals surface area contributed by atoms with Gasteiger partial charge in [-0.2, -0.15) is 0 Å². The van der Waals surface area contributed by atoms with E-state index in [-0.39, 0.29) is 5.91 Å². The van der Waals surface area contributed by atoms with Gasteiger partial charge in [0.1, 0.15) is 0 Å². The summed E-state index contributed by atoms with van der Waals surface area (Å²) in [5.74, 6) is -0.390. The number of rotatable bonds is 3. The van der Waals surface area contributed by atoms with E-state index in [0.29, 0.717) is 5.56 Å². The zero-order valence-electron chi connectivity index (χ0n) is 13.5. The Morgan fingerprint density at radius 3 is 2.38 bits per heavy atom. The first-order valence-electron chi connectivity index (χ1n) is 8.00. The van der Waals surface area contributed by atoms with Gasteiger partial charge in [-0.05, 0) is 30.7 Å². The van der Waals surface area contributed by atoms with Crippen molar-refractivity contribution < 1.29 is 4.79 Å². The van der Waals surface area contributed by atoms with Gasteiger partial charge < -0.3 is 10.3 Å². The first-order valence-corrected chi connectivity index (χ1v) is 8.00. The van der Waals surface area contributed by atoms with Gasteiger partial charge in [0.25, 0.3) is 0 Å². The Balaban J connectivity index is 2.01. The lowest BCUT2D eigenvalue weighted by molar-refractivity contribution is 0.100. The lowest BCUT2D eigenvalue weighted by Crippen LogP contribution is -2.11. The second-order valence-corrected chi connectivity index (χ2v) is 6.15. The van der Waals surface area contributed by atoms with Gasteiger partial charge in [-0.3, -0.25) is 4.79 Å². The third-order valence-corrected chi connectivity index (χ3v) is 4.52. The zero-order valence-corrected chi connectivity index (χ0v) is 13.5. The van der Waals surface area contributed by atoms with Crippen molar-refractivity contribution in [1.82, 2.24) is 4.57 Å². The molecule has 0 aliphatic carbocycles. The highest BCUT2D eigenvalue weighted by atomic mass is 16.1. The summed E-state index contributed by atoms with van der Waals surface area (Å²) in [4.78, 5) is 11.9. The number of amides is 1. The second-order valence-electron chi connectivity index (χ2n) is 6.15. The highest BCUT2D eigenvalue weighted by Crippen LogP contribution is 2.32. The van der Waals surface area contributed by atoms with Crippen molar-refractivity contribution in [2.24, 2.45) is 5.73 Å². The number of nitrogens with two attached hydrogens (primary N) is 1. The number of primary amides is 1. The molecule has 2 N–H and O–H groups in total. The van der Waals surface area contributed by atoms with Crippen LogP contribution in [0.1, 0.15) is 21.5 Å². The van der Waals surface area contributed by atoms with E-state index in [1.165, 1.54) is 11.1 Å². The molecular formula is C21H18N2O. The summed E-state index contributed by atoms with van der Waals surface area (Å²) in [7, 11) is 0. The molecule has 0 radical (unpaired) electrons. The largest absolute Gasteiger partial charge is 0.366 e. The van der Waals surface area contributed by atoms with Crippen LogP contribution in [0.4, 0.5) is 0 Å². The molecule has 0 saturated heterocycles. The van der Waals surface area contributed by atoms with Crippen molar-refractivity contribution in [3.63, 3.8) is 0 Å². The van der Waals surface area contributed by atoms with Crippen LogP contribution in [0, 0.1) is 6.92 Å². The standard InChI is InChI=1S/C21H18N2O/c1-14-9-11-15(12-10-14)13-23-18-7-3-2-5-16(18)20-17(21(22)24)6-4-8-19(20)23/h2-12H,13H2,1H3,(H2,22,24). The van der Waals surface area contributed by atoms with Crippen molar-refractivity contribution in [3.05, 3.63) is 83.4 Å². The quantitative estimate of drug-likeness (QED) is 0.604. The van der Waals surface area contributed by atoms with E-state index < -0.39 is 0 Å². The van der Waals surface area contributed by atoms with Crippen molar-refractivity contribution in [2.45, 2.75) is 13.5 Å². The smallest absolute Gasteiger partial charge is 0.249 e. The van der Waals surface area contributed by atoms with E-state index in [0.717, 1.165) is 28.4 Å². The molecule has 3 heteroatoms. The zero-order chi connectivity index (χ0) is 16.7. The van der Waals surface area contributed by atoms with Gasteiger partial charge in [-0.25, -0.2) is 0 Å². The molecule has 0 saturated carbocycles. The first-order chi connectivity index (χ1) is 11.6. The molecule has 0 bridgehead atoms. The lowest BCUT2D eigenvalue weighted by Gasteiger charge is -2.08. The number of hydrogen-bond acceptors (Lipinski definition) is 1. The fourth-order valence-corrected chi connectivity index (χ4v) is 3.35. The van der Waals surface area contributed by atoms with Gasteiger partial charge in [0, 0.05) is 28.4 Å². The molecule has 0 unspecified atom stereocenters. The maximum Gasteiger partial charge on any atom is 0.249 e. The number of carbonyl (C=O) groups is 1. The lowest BCUT2D eigenvalue weighted by atomic mass is 10.1. The Morgan fingerprint density at radius 1 is 0.917 bits per heavy atom. The highest BCUT2D eigenvalue weighted by molar-refractivity contribution is 6.17. The number of fused-ring (bicyclic) bond motifs is 3. The maximum absolute atomic E-state index is 11.9. The monoisotopic (exact) mass is 314 g/mol. The minimum atomic E-state index is -0.390. The molecule has 4 aromatic rings. The van der Waals surface area contributed by atoms with Crippen LogP contribution < -0.4 is 5.73 Å². The van der Waals surface area contributed by atoms with Crippen LogP contribution in [0.25, 0.3) is 21.8 Å². The Bertz CT molecular complexity index is 1060. The van der Waals surface area contributed by atoms with E-state index in [9.17, 15) is 4.79 Å². The van der Waals surface area contributed by atoms with Crippen LogP contribution in [0.15, 0.2) is 66.7 Å². The van der Waals surface area contributed by atoms with Gasteiger partial charge in [-0.1, -0.05) is 54.1 Å². The second kappa shape index (κ2) is 5.53. The minimum absolute atomic E-state index is 0.390. The van der Waals surface area contributed by atoms with Gasteiger partial charge in [0.15, 0.2) is 0 Å². The summed E-state index contributed by atoms with van der Waals surface area (Å²) in [5, 5.41) is 2.00. The molecule has 0 spiro atoms. The van der Waals surface area contributed by atoms with Crippen molar-refractivity contribution in [1.29, 1.82) is 0 Å². The van der Waals surface area contributed by atoms with Gasteiger partial charge in [0.05, 0.1) is 5.52 Å². The molecule has 0 aliphatic heterocycles. The van der Waals surface area contributed by atoms with E-state index >= 15 is 0 Å². The third-order valence-electron chi connectivity index (χ3n) is 4.52. The summed E-state index contributed by atoms with van der Waals surface area (Å²) in [6, 6.07) is 22.4. The van der Waals surface area contributed by atoms with Crippen molar-refractivity contribution in [2.75, 3.05) is 0 Å². The molecule has 24 heavy (non-hydrogen) atoms. The number of aromatic nitrogens is 1. The Hall–Kier alpha value is -3.07. The molecule has 1 heterocycles. The molecule has 1 aromatic heterocycles. The molecule has 1 amide bonds. The predicted molar refractivity (Wildman–Crippen MR) is 98.2 cm³/mol. The van der Waals surface area contributed by atoms with Gasteiger partial charge >= 0.3 is 0 Å². The summed E-state index contributed by atoms with van der Waals surface area (Å²) in [6.45, 7) is 2.84. The van der Waals surface area contributed by atoms with Crippen LogP contribution in [-0.2, 0) is 6.54 Å². The van der Waals surface area contributed by atoms with Crippen molar-refractivity contribution >= 4 is 27.7 Å². The van der Waals surface area contributed by atoms with E-state index in [2.05, 4.69) is 54.0 Å². The molecule has 4 rings (SSSR count). The highest BCUT2D eigenvalue weighted by Gasteiger charge is 2.15. The number of para-hydroxylation sites is 1. The Kier molecular flexibility index (Phi) is 3.35. The summed E-state index contributed by atoms with van der Waals surface area (Å²) < 4.78 is 2.25. The van der Waals surface area contributed by atoms with E-state index in [4.69, 9.17) is 5.73 Å². The third kappa shape index (κ3) is 2.26. The molecule has 118 valence electrons. The predicted octanol–water partition coefficient (Wildman–Crippen LogP) is 4.25. The minimum Gasteiger partial charge on any atom is -0.366 e. The Morgan fingerprint density at radius 2 is 1.62 bits per heavy atom. The molecule has 0 atom stereocenters. The average Bonchev–Trinajstić information content (AvgIpc) is 2.91. The molecule has 0 aliphatic rings. The molecular weight excluding hydrogens is 296 g/mol. The van der Waals surface area contributed by atoms with E-state index in [1.807, 2.05) is 18.2 Å². The number of carbonyl (C=O) groups excluding carboxylic acids is 1. The van der Waals surface area contributed by atoms with Crippen LogP contribution in [0.3, 0.4) is 0 Å². The Labute approximate surface area is 140 Å². The topological polar surface area (TPSA) is 48.0 Å². The maximum atomic E-state index is 11.9. The number of nitrogens with zero attached hydrogens (tertiary/aromatic N) is 1. The first kappa shape index (κ1) is 14.5. The van der Waals surface area contributed by atoms with Gasteiger partial charge in [-0.15, -0.1) is 0 Å². The van der Waals surface area contributed by atoms with E-state index in [1.54, 1.807) is 6.07 Å². The molecule has 3 aromatic carbocycles. The summed E-state index contributed by atoms with van der Waals surface area (Å²) >= 11 is 0. The fourth-order valence-electron chi connectivity index (χ4n) is 3.35. The van der Waals surface area contributed by atoms with Crippen molar-refractivity contribution in [3.8, 4) is 0 Å². The van der Waals surface area contributed by atoms with Crippen LogP contribution in [0.2, 0.25) is 0 Å². The number of hydrogen-bond donors (Lipinski definition) is 1. The molecule has 0 fully saturated rings. The van der Waals surface area contributed by atoms with Crippen LogP contribution in [-0.4, -0.2) is 10.5 Å². The summed E-state index contributed by atoms with van der Waals surface area (Å²) in [6.07, 6.45) is 0. The number of benzene rings is 3. The number of aryl methyl sites for hydroxylation is 1. The average molecular weight is 314 g/mol. The van der Waals surface area contributed by atoms with Crippen LogP contribution in [0.5, 0.6) is 0 Å².